The lowest BCUT2D eigenvalue weighted by Gasteiger charge is -2.22. The predicted octanol–water partition coefficient (Wildman–Crippen LogP) is 3.51. The summed E-state index contributed by atoms with van der Waals surface area (Å²) in [6.45, 7) is 5.26. The molecule has 2 rings (SSSR count). The second-order valence-corrected chi connectivity index (χ2v) is 5.89. The number of amides is 1. The average Bonchev–Trinajstić information content (AvgIpc) is 3.18. The van der Waals surface area contributed by atoms with Gasteiger partial charge in [0.15, 0.2) is 11.7 Å². The van der Waals surface area contributed by atoms with Gasteiger partial charge in [-0.3, -0.25) is 9.79 Å². The van der Waals surface area contributed by atoms with Gasteiger partial charge in [0.1, 0.15) is 0 Å². The molecule has 0 atom stereocenters. The maximum absolute atomic E-state index is 12.1. The molecule has 0 aliphatic rings. The minimum atomic E-state index is -0.266. The number of carbonyl (C=O) groups is 1. The van der Waals surface area contributed by atoms with Gasteiger partial charge in [-0.15, -0.1) is 6.58 Å². The fourth-order valence-corrected chi connectivity index (χ4v) is 2.50. The molecule has 1 aromatic heterocycles. The zero-order valence-electron chi connectivity index (χ0n) is 15.4. The Morgan fingerprint density at radius 2 is 2.19 bits per heavy atom. The lowest BCUT2D eigenvalue weighted by Crippen LogP contribution is -2.38. The largest absolute Gasteiger partial charge is 0.459 e. The molecule has 0 unspecified atom stereocenters. The molecule has 0 spiro atoms. The zero-order chi connectivity index (χ0) is 18.8. The van der Waals surface area contributed by atoms with E-state index >= 15 is 0 Å². The third kappa shape index (κ3) is 5.81. The fraction of sp³-hybridized carbons (Fsp3) is 0.300. The highest BCUT2D eigenvalue weighted by atomic mass is 16.3. The summed E-state index contributed by atoms with van der Waals surface area (Å²) in [6.07, 6.45) is 5.42. The normalized spacial score (nSPS) is 11.1. The summed E-state index contributed by atoms with van der Waals surface area (Å²) in [5.74, 6) is 0.854. The monoisotopic (exact) mass is 354 g/mol. The van der Waals surface area contributed by atoms with E-state index in [1.165, 1.54) is 6.26 Å². The number of benzene rings is 1. The number of hydrogen-bond acceptors (Lipinski definition) is 3. The van der Waals surface area contributed by atoms with Crippen LogP contribution in [-0.2, 0) is 6.54 Å². The van der Waals surface area contributed by atoms with Crippen LogP contribution < -0.4 is 10.6 Å². The van der Waals surface area contributed by atoms with Gasteiger partial charge in [-0.25, -0.2) is 0 Å². The van der Waals surface area contributed by atoms with Gasteiger partial charge in [0.25, 0.3) is 5.91 Å². The van der Waals surface area contributed by atoms with Crippen LogP contribution in [0.4, 0.5) is 5.69 Å². The standard InChI is InChI=1S/C20H26N4O2/c1-4-5-6-12-24(3)20(21-2)22-15-16-9-7-10-17(14-16)23-19(25)18-11-8-13-26-18/h4,7-11,13-14H,1,5-6,12,15H2,2-3H3,(H,21,22)(H,23,25). The first-order valence-corrected chi connectivity index (χ1v) is 8.60. The first-order valence-electron chi connectivity index (χ1n) is 8.60. The van der Waals surface area contributed by atoms with E-state index in [9.17, 15) is 4.79 Å². The number of furan rings is 1. The number of aliphatic imine (C=N–C) groups is 1. The van der Waals surface area contributed by atoms with E-state index in [0.717, 1.165) is 36.6 Å². The Kier molecular flexibility index (Phi) is 7.49. The molecule has 0 saturated carbocycles. The van der Waals surface area contributed by atoms with E-state index in [-0.39, 0.29) is 11.7 Å². The molecular formula is C20H26N4O2. The van der Waals surface area contributed by atoms with Crippen molar-refractivity contribution in [2.24, 2.45) is 4.99 Å². The van der Waals surface area contributed by atoms with Gasteiger partial charge in [-0.05, 0) is 42.7 Å². The van der Waals surface area contributed by atoms with Crippen LogP contribution in [0.3, 0.4) is 0 Å². The van der Waals surface area contributed by atoms with Crippen molar-refractivity contribution in [3.63, 3.8) is 0 Å². The van der Waals surface area contributed by atoms with E-state index in [1.807, 2.05) is 37.4 Å². The van der Waals surface area contributed by atoms with E-state index in [4.69, 9.17) is 4.42 Å². The Morgan fingerprint density at radius 1 is 1.35 bits per heavy atom. The Morgan fingerprint density at radius 3 is 2.88 bits per heavy atom. The number of anilines is 1. The maximum atomic E-state index is 12.1. The van der Waals surface area contributed by atoms with Crippen LogP contribution in [-0.4, -0.2) is 37.4 Å². The second-order valence-electron chi connectivity index (χ2n) is 5.89. The summed E-state index contributed by atoms with van der Waals surface area (Å²) in [5.41, 5.74) is 1.77. The molecule has 0 fully saturated rings. The number of unbranched alkanes of at least 4 members (excludes halogenated alkanes) is 1. The molecule has 6 heteroatoms. The summed E-state index contributed by atoms with van der Waals surface area (Å²) in [4.78, 5) is 18.5. The SMILES string of the molecule is C=CCCCN(C)C(=NC)NCc1cccc(NC(=O)c2ccco2)c1. The van der Waals surface area contributed by atoms with Crippen LogP contribution in [0.2, 0.25) is 0 Å². The minimum Gasteiger partial charge on any atom is -0.459 e. The van der Waals surface area contributed by atoms with E-state index in [2.05, 4.69) is 27.1 Å². The zero-order valence-corrected chi connectivity index (χ0v) is 15.4. The number of hydrogen-bond donors (Lipinski definition) is 2. The van der Waals surface area contributed by atoms with Crippen molar-refractivity contribution >= 4 is 17.6 Å². The van der Waals surface area contributed by atoms with Gasteiger partial charge >= 0.3 is 0 Å². The molecule has 0 aliphatic carbocycles. The molecule has 2 N–H and O–H groups in total. The summed E-state index contributed by atoms with van der Waals surface area (Å²) in [5, 5.41) is 6.17. The van der Waals surface area contributed by atoms with E-state index in [0.29, 0.717) is 6.54 Å². The van der Waals surface area contributed by atoms with Gasteiger partial charge < -0.3 is 20.0 Å². The average molecular weight is 354 g/mol. The van der Waals surface area contributed by atoms with Crippen LogP contribution >= 0.6 is 0 Å². The summed E-state index contributed by atoms with van der Waals surface area (Å²) >= 11 is 0. The van der Waals surface area contributed by atoms with Gasteiger partial charge in [-0.1, -0.05) is 18.2 Å². The number of allylic oxidation sites excluding steroid dienone is 1. The highest BCUT2D eigenvalue weighted by molar-refractivity contribution is 6.02. The smallest absolute Gasteiger partial charge is 0.291 e. The molecule has 0 saturated heterocycles. The summed E-state index contributed by atoms with van der Waals surface area (Å²) in [6, 6.07) is 11.0. The maximum Gasteiger partial charge on any atom is 0.291 e. The van der Waals surface area contributed by atoms with Crippen LogP contribution in [0.25, 0.3) is 0 Å². The van der Waals surface area contributed by atoms with Crippen molar-refractivity contribution < 1.29 is 9.21 Å². The molecule has 2 aromatic rings. The number of nitrogens with one attached hydrogen (secondary N) is 2. The molecule has 26 heavy (non-hydrogen) atoms. The highest BCUT2D eigenvalue weighted by Crippen LogP contribution is 2.13. The summed E-state index contributed by atoms with van der Waals surface area (Å²) < 4.78 is 5.11. The minimum absolute atomic E-state index is 0.266. The van der Waals surface area contributed by atoms with Gasteiger partial charge in [0, 0.05) is 32.9 Å². The Balaban J connectivity index is 1.91. The number of nitrogens with zero attached hydrogens (tertiary/aromatic N) is 2. The first-order chi connectivity index (χ1) is 12.6. The van der Waals surface area contributed by atoms with Crippen molar-refractivity contribution in [3.8, 4) is 0 Å². The topological polar surface area (TPSA) is 69.9 Å². The number of rotatable bonds is 8. The van der Waals surface area contributed by atoms with E-state index in [1.54, 1.807) is 19.2 Å². The van der Waals surface area contributed by atoms with Gasteiger partial charge in [0.2, 0.25) is 0 Å². The van der Waals surface area contributed by atoms with Crippen molar-refractivity contribution in [2.45, 2.75) is 19.4 Å². The third-order valence-corrected chi connectivity index (χ3v) is 3.86. The Bertz CT molecular complexity index is 738. The molecule has 0 bridgehead atoms. The molecule has 1 amide bonds. The van der Waals surface area contributed by atoms with Crippen LogP contribution in [0.5, 0.6) is 0 Å². The molecule has 6 nitrogen and oxygen atoms in total. The first kappa shape index (κ1) is 19.3. The van der Waals surface area contributed by atoms with Crippen LogP contribution in [0.15, 0.2) is 64.7 Å². The predicted molar refractivity (Wildman–Crippen MR) is 105 cm³/mol. The van der Waals surface area contributed by atoms with Crippen molar-refractivity contribution in [1.29, 1.82) is 0 Å². The fourth-order valence-electron chi connectivity index (χ4n) is 2.50. The lowest BCUT2D eigenvalue weighted by atomic mass is 10.2. The van der Waals surface area contributed by atoms with Crippen molar-refractivity contribution in [1.82, 2.24) is 10.2 Å². The molecule has 1 aromatic carbocycles. The number of carbonyl (C=O) groups excluding carboxylic acids is 1. The van der Waals surface area contributed by atoms with Crippen LogP contribution in [0, 0.1) is 0 Å². The summed E-state index contributed by atoms with van der Waals surface area (Å²) in [7, 11) is 3.78. The van der Waals surface area contributed by atoms with Gasteiger partial charge in [-0.2, -0.15) is 0 Å². The number of guanidine groups is 1. The van der Waals surface area contributed by atoms with Crippen molar-refractivity contribution in [3.05, 3.63) is 66.6 Å². The second kappa shape index (κ2) is 10.1. The molecule has 0 aliphatic heterocycles. The van der Waals surface area contributed by atoms with E-state index < -0.39 is 0 Å². The third-order valence-electron chi connectivity index (χ3n) is 3.86. The Labute approximate surface area is 154 Å². The quantitative estimate of drug-likeness (QED) is 0.329. The van der Waals surface area contributed by atoms with Crippen LogP contribution in [0.1, 0.15) is 29.0 Å². The Hall–Kier alpha value is -3.02. The molecule has 0 radical (unpaired) electrons. The highest BCUT2D eigenvalue weighted by Gasteiger charge is 2.09. The van der Waals surface area contributed by atoms with Crippen molar-refractivity contribution in [2.75, 3.05) is 26.0 Å². The molecular weight excluding hydrogens is 328 g/mol. The molecule has 1 heterocycles. The van der Waals surface area contributed by atoms with Gasteiger partial charge in [0.05, 0.1) is 6.26 Å². The molecule has 138 valence electrons. The lowest BCUT2D eigenvalue weighted by molar-refractivity contribution is 0.0996.